The van der Waals surface area contributed by atoms with Crippen molar-refractivity contribution in [1.29, 1.82) is 0 Å². The van der Waals surface area contributed by atoms with E-state index in [9.17, 15) is 22.4 Å². The van der Waals surface area contributed by atoms with Gasteiger partial charge < -0.3 is 4.90 Å². The van der Waals surface area contributed by atoms with Crippen LogP contribution in [0.1, 0.15) is 5.56 Å². The number of anilines is 1. The molecule has 110 valence electrons. The van der Waals surface area contributed by atoms with Crippen LogP contribution in [0.5, 0.6) is 0 Å². The van der Waals surface area contributed by atoms with Crippen molar-refractivity contribution < 1.29 is 22.4 Å². The van der Waals surface area contributed by atoms with Crippen LogP contribution >= 0.6 is 0 Å². The topological polar surface area (TPSA) is 33.2 Å². The zero-order chi connectivity index (χ0) is 15.5. The predicted octanol–water partition coefficient (Wildman–Crippen LogP) is 3.32. The maximum atomic E-state index is 12.9. The molecule has 0 aliphatic carbocycles. The van der Waals surface area contributed by atoms with Gasteiger partial charge in [-0.2, -0.15) is 13.2 Å². The van der Waals surface area contributed by atoms with E-state index >= 15 is 0 Å². The van der Waals surface area contributed by atoms with Crippen LogP contribution in [0.2, 0.25) is 0 Å². The van der Waals surface area contributed by atoms with Crippen LogP contribution in [0.4, 0.5) is 23.2 Å². The average Bonchev–Trinajstić information content (AvgIpc) is 2.45. The lowest BCUT2D eigenvalue weighted by Gasteiger charge is -2.23. The van der Waals surface area contributed by atoms with Crippen LogP contribution < -0.4 is 4.90 Å². The maximum Gasteiger partial charge on any atom is 0.471 e. The van der Waals surface area contributed by atoms with Crippen molar-refractivity contribution in [2.75, 3.05) is 4.90 Å². The van der Waals surface area contributed by atoms with E-state index in [1.165, 1.54) is 12.4 Å². The van der Waals surface area contributed by atoms with Gasteiger partial charge >= 0.3 is 12.1 Å². The number of aromatic nitrogens is 1. The minimum Gasteiger partial charge on any atom is -0.300 e. The first kappa shape index (κ1) is 15.0. The molecule has 0 radical (unpaired) electrons. The van der Waals surface area contributed by atoms with Crippen molar-refractivity contribution in [3.8, 4) is 0 Å². The van der Waals surface area contributed by atoms with Crippen LogP contribution in [0.15, 0.2) is 48.8 Å². The van der Waals surface area contributed by atoms with E-state index < -0.39 is 17.9 Å². The van der Waals surface area contributed by atoms with Gasteiger partial charge in [-0.1, -0.05) is 6.07 Å². The Morgan fingerprint density at radius 1 is 1.14 bits per heavy atom. The largest absolute Gasteiger partial charge is 0.471 e. The van der Waals surface area contributed by atoms with E-state index in [-0.39, 0.29) is 12.2 Å². The van der Waals surface area contributed by atoms with Crippen LogP contribution in [-0.4, -0.2) is 17.1 Å². The number of hydrogen-bond donors (Lipinski definition) is 0. The molecule has 1 aromatic carbocycles. The van der Waals surface area contributed by atoms with E-state index in [4.69, 9.17) is 0 Å². The van der Waals surface area contributed by atoms with Gasteiger partial charge in [0.2, 0.25) is 0 Å². The summed E-state index contributed by atoms with van der Waals surface area (Å²) in [5.41, 5.74) is 0.391. The van der Waals surface area contributed by atoms with Crippen molar-refractivity contribution in [3.05, 3.63) is 60.2 Å². The van der Waals surface area contributed by atoms with Crippen molar-refractivity contribution >= 4 is 11.6 Å². The van der Waals surface area contributed by atoms with E-state index in [0.717, 1.165) is 24.3 Å². The summed E-state index contributed by atoms with van der Waals surface area (Å²) in [5.74, 6) is -2.61. The minimum atomic E-state index is -5.02. The van der Waals surface area contributed by atoms with Crippen LogP contribution in [0.25, 0.3) is 0 Å². The number of carbonyl (C=O) groups is 1. The molecule has 1 amide bonds. The van der Waals surface area contributed by atoms with Gasteiger partial charge in [0.15, 0.2) is 0 Å². The summed E-state index contributed by atoms with van der Waals surface area (Å²) >= 11 is 0. The first-order chi connectivity index (χ1) is 9.88. The van der Waals surface area contributed by atoms with Crippen molar-refractivity contribution in [1.82, 2.24) is 4.98 Å². The molecule has 0 saturated carbocycles. The highest BCUT2D eigenvalue weighted by Gasteiger charge is 2.43. The number of halogens is 4. The lowest BCUT2D eigenvalue weighted by Crippen LogP contribution is -2.40. The number of nitrogens with zero attached hydrogens (tertiary/aromatic N) is 2. The molecule has 0 spiro atoms. The maximum absolute atomic E-state index is 12.9. The summed E-state index contributed by atoms with van der Waals surface area (Å²) in [6.07, 6.45) is -2.19. The predicted molar refractivity (Wildman–Crippen MR) is 67.9 cm³/mol. The molecule has 0 bridgehead atoms. The molecule has 1 aromatic heterocycles. The number of hydrogen-bond acceptors (Lipinski definition) is 2. The fourth-order valence-corrected chi connectivity index (χ4v) is 1.73. The molecule has 0 aliphatic heterocycles. The van der Waals surface area contributed by atoms with E-state index in [0.29, 0.717) is 10.5 Å². The molecule has 2 aromatic rings. The average molecular weight is 298 g/mol. The number of amides is 1. The fourth-order valence-electron chi connectivity index (χ4n) is 1.73. The zero-order valence-corrected chi connectivity index (χ0v) is 10.6. The summed E-state index contributed by atoms with van der Waals surface area (Å²) in [6, 6.07) is 7.33. The third-order valence-corrected chi connectivity index (χ3v) is 2.69. The molecule has 0 aliphatic rings. The fraction of sp³-hybridized carbons (Fsp3) is 0.143. The Kier molecular flexibility index (Phi) is 4.21. The molecular formula is C14H10F4N2O. The Morgan fingerprint density at radius 3 is 2.33 bits per heavy atom. The Bertz CT molecular complexity index is 611. The van der Waals surface area contributed by atoms with Crippen molar-refractivity contribution in [2.45, 2.75) is 12.7 Å². The monoisotopic (exact) mass is 298 g/mol. The van der Waals surface area contributed by atoms with Crippen LogP contribution in [-0.2, 0) is 11.3 Å². The molecule has 1 heterocycles. The number of carbonyl (C=O) groups excluding carboxylic acids is 1. The third kappa shape index (κ3) is 3.77. The first-order valence-corrected chi connectivity index (χ1v) is 5.91. The molecule has 0 N–H and O–H groups in total. The van der Waals surface area contributed by atoms with Gasteiger partial charge in [-0.3, -0.25) is 9.78 Å². The number of rotatable bonds is 3. The number of benzene rings is 1. The highest BCUT2D eigenvalue weighted by Crippen LogP contribution is 2.25. The molecule has 2 rings (SSSR count). The summed E-state index contributed by atoms with van der Waals surface area (Å²) in [6.45, 7) is -0.308. The second kappa shape index (κ2) is 5.90. The Balaban J connectivity index is 2.35. The van der Waals surface area contributed by atoms with Gasteiger partial charge in [-0.15, -0.1) is 0 Å². The lowest BCUT2D eigenvalue weighted by molar-refractivity contribution is -0.170. The van der Waals surface area contributed by atoms with Gasteiger partial charge in [0.25, 0.3) is 0 Å². The summed E-state index contributed by atoms with van der Waals surface area (Å²) in [7, 11) is 0. The highest BCUT2D eigenvalue weighted by atomic mass is 19.4. The van der Waals surface area contributed by atoms with Gasteiger partial charge in [0.05, 0.1) is 6.54 Å². The van der Waals surface area contributed by atoms with Crippen molar-refractivity contribution in [3.63, 3.8) is 0 Å². The molecule has 21 heavy (non-hydrogen) atoms. The lowest BCUT2D eigenvalue weighted by atomic mass is 10.2. The molecule has 7 heteroatoms. The standard InChI is InChI=1S/C14H10F4N2O/c15-11-3-5-12(6-4-11)20(13(21)14(16,17)18)9-10-2-1-7-19-8-10/h1-8H,9H2. The quantitative estimate of drug-likeness (QED) is 0.814. The number of pyridine rings is 1. The minimum absolute atomic E-state index is 0.0393. The van der Waals surface area contributed by atoms with Crippen LogP contribution in [0.3, 0.4) is 0 Å². The zero-order valence-electron chi connectivity index (χ0n) is 10.6. The molecule has 0 saturated heterocycles. The van der Waals surface area contributed by atoms with Gasteiger partial charge in [0, 0.05) is 18.1 Å². The van der Waals surface area contributed by atoms with E-state index in [1.54, 1.807) is 12.1 Å². The van der Waals surface area contributed by atoms with Crippen molar-refractivity contribution in [2.24, 2.45) is 0 Å². The van der Waals surface area contributed by atoms with E-state index in [2.05, 4.69) is 4.98 Å². The van der Waals surface area contributed by atoms with E-state index in [1.807, 2.05) is 0 Å². The molecule has 0 atom stereocenters. The second-order valence-corrected chi connectivity index (χ2v) is 4.23. The second-order valence-electron chi connectivity index (χ2n) is 4.23. The molecule has 0 fully saturated rings. The molecular weight excluding hydrogens is 288 g/mol. The van der Waals surface area contributed by atoms with Crippen LogP contribution in [0, 0.1) is 5.82 Å². The third-order valence-electron chi connectivity index (χ3n) is 2.69. The van der Waals surface area contributed by atoms with Gasteiger partial charge in [-0.05, 0) is 35.9 Å². The first-order valence-electron chi connectivity index (χ1n) is 5.91. The molecule has 0 unspecified atom stereocenters. The van der Waals surface area contributed by atoms with Gasteiger partial charge in [-0.25, -0.2) is 4.39 Å². The summed E-state index contributed by atoms with van der Waals surface area (Å²) in [5, 5.41) is 0. The summed E-state index contributed by atoms with van der Waals surface area (Å²) in [4.78, 5) is 15.9. The SMILES string of the molecule is O=C(N(Cc1cccnc1)c1ccc(F)cc1)C(F)(F)F. The Labute approximate surface area is 117 Å². The normalized spacial score (nSPS) is 11.2. The summed E-state index contributed by atoms with van der Waals surface area (Å²) < 4.78 is 50.9. The van der Waals surface area contributed by atoms with Gasteiger partial charge in [0.1, 0.15) is 5.82 Å². The Hall–Kier alpha value is -2.44. The Morgan fingerprint density at radius 2 is 1.81 bits per heavy atom. The smallest absolute Gasteiger partial charge is 0.300 e. The number of alkyl halides is 3. The highest BCUT2D eigenvalue weighted by molar-refractivity contribution is 5.97. The molecule has 3 nitrogen and oxygen atoms in total.